The highest BCUT2D eigenvalue weighted by Crippen LogP contribution is 2.23. The molecule has 0 radical (unpaired) electrons. The third-order valence-corrected chi connectivity index (χ3v) is 3.19. The summed E-state index contributed by atoms with van der Waals surface area (Å²) >= 11 is 5.73. The molecule has 0 saturated carbocycles. The number of carbonyl (C=O) groups excluding carboxylic acids is 1. The first-order chi connectivity index (χ1) is 9.78. The third-order valence-electron chi connectivity index (χ3n) is 2.89. The minimum Gasteiger partial charge on any atom is -0.365 e. The number of pyridine rings is 1. The van der Waals surface area contributed by atoms with E-state index in [4.69, 9.17) is 16.9 Å². The van der Waals surface area contributed by atoms with Gasteiger partial charge in [0.05, 0.1) is 11.1 Å². The topological polar surface area (TPSA) is 69.0 Å². The van der Waals surface area contributed by atoms with Crippen molar-refractivity contribution in [2.75, 3.05) is 18.4 Å². The summed E-state index contributed by atoms with van der Waals surface area (Å²) in [4.78, 5) is 16.2. The van der Waals surface area contributed by atoms with Gasteiger partial charge in [0.1, 0.15) is 18.4 Å². The van der Waals surface area contributed by atoms with Crippen molar-refractivity contribution < 1.29 is 18.0 Å². The van der Waals surface area contributed by atoms with Gasteiger partial charge in [-0.1, -0.05) is 11.6 Å². The Balaban J connectivity index is 2.02. The number of carbonyl (C=O) groups is 1. The van der Waals surface area contributed by atoms with Gasteiger partial charge in [-0.25, -0.2) is 4.98 Å². The summed E-state index contributed by atoms with van der Waals surface area (Å²) in [6.07, 6.45) is -4.47. The van der Waals surface area contributed by atoms with E-state index in [0.29, 0.717) is 5.82 Å². The first-order valence-electron chi connectivity index (χ1n) is 5.96. The van der Waals surface area contributed by atoms with Gasteiger partial charge in [0.15, 0.2) is 5.69 Å². The standard InChI is InChI=1S/C12H10ClF3N4O/c13-8-1-2-10(19-9(8)4-17)18-7-3-11(21)20(5-7)6-12(14,15)16/h1-2,7H,3,5-6H2,(H,18,19). The van der Waals surface area contributed by atoms with Crippen molar-refractivity contribution in [3.63, 3.8) is 0 Å². The Morgan fingerprint density at radius 2 is 2.24 bits per heavy atom. The van der Waals surface area contributed by atoms with E-state index in [2.05, 4.69) is 10.3 Å². The molecule has 112 valence electrons. The summed E-state index contributed by atoms with van der Waals surface area (Å²) in [5, 5.41) is 11.8. The van der Waals surface area contributed by atoms with Gasteiger partial charge in [-0.2, -0.15) is 18.4 Å². The SMILES string of the molecule is N#Cc1nc(NC2CC(=O)N(CC(F)(F)F)C2)ccc1Cl. The Bertz CT molecular complexity index is 599. The van der Waals surface area contributed by atoms with Crippen LogP contribution in [0.2, 0.25) is 5.02 Å². The number of nitrogens with zero attached hydrogens (tertiary/aromatic N) is 3. The first kappa shape index (κ1) is 15.4. The number of hydrogen-bond acceptors (Lipinski definition) is 4. The molecule has 1 aromatic rings. The maximum atomic E-state index is 12.3. The van der Waals surface area contributed by atoms with E-state index in [1.807, 2.05) is 0 Å². The second-order valence-electron chi connectivity index (χ2n) is 4.57. The summed E-state index contributed by atoms with van der Waals surface area (Å²) in [5.41, 5.74) is 0.0122. The molecule has 0 aromatic carbocycles. The maximum Gasteiger partial charge on any atom is 0.406 e. The lowest BCUT2D eigenvalue weighted by molar-refractivity contribution is -0.157. The third kappa shape index (κ3) is 3.98. The second-order valence-corrected chi connectivity index (χ2v) is 4.98. The first-order valence-corrected chi connectivity index (χ1v) is 6.34. The van der Waals surface area contributed by atoms with Crippen molar-refractivity contribution >= 4 is 23.3 Å². The fourth-order valence-corrected chi connectivity index (χ4v) is 2.20. The van der Waals surface area contributed by atoms with Crippen LogP contribution in [0.25, 0.3) is 0 Å². The lowest BCUT2D eigenvalue weighted by Gasteiger charge is -2.18. The molecule has 1 aromatic heterocycles. The molecule has 1 N–H and O–H groups in total. The summed E-state index contributed by atoms with van der Waals surface area (Å²) < 4.78 is 36.9. The van der Waals surface area contributed by atoms with Gasteiger partial charge < -0.3 is 10.2 Å². The van der Waals surface area contributed by atoms with Crippen LogP contribution in [0, 0.1) is 11.3 Å². The molecule has 0 spiro atoms. The highest BCUT2D eigenvalue weighted by molar-refractivity contribution is 6.31. The average molecular weight is 319 g/mol. The predicted molar refractivity (Wildman–Crippen MR) is 68.6 cm³/mol. The molecule has 0 aliphatic carbocycles. The van der Waals surface area contributed by atoms with E-state index in [1.54, 1.807) is 6.07 Å². The van der Waals surface area contributed by atoms with Gasteiger partial charge >= 0.3 is 6.18 Å². The number of nitrogens with one attached hydrogen (secondary N) is 1. The molecule has 9 heteroatoms. The van der Waals surface area contributed by atoms with Crippen LogP contribution >= 0.6 is 11.6 Å². The van der Waals surface area contributed by atoms with Crippen molar-refractivity contribution in [2.45, 2.75) is 18.6 Å². The minimum atomic E-state index is -4.42. The summed E-state index contributed by atoms with van der Waals surface area (Å²) in [7, 11) is 0. The summed E-state index contributed by atoms with van der Waals surface area (Å²) in [6, 6.07) is 4.27. The smallest absolute Gasteiger partial charge is 0.365 e. The number of alkyl halides is 3. The van der Waals surface area contributed by atoms with Gasteiger partial charge in [-0.15, -0.1) is 0 Å². The number of anilines is 1. The van der Waals surface area contributed by atoms with E-state index < -0.39 is 24.7 Å². The van der Waals surface area contributed by atoms with Crippen LogP contribution in [0.5, 0.6) is 0 Å². The van der Waals surface area contributed by atoms with Crippen LogP contribution in [0.1, 0.15) is 12.1 Å². The number of amides is 1. The van der Waals surface area contributed by atoms with E-state index in [1.165, 1.54) is 12.1 Å². The molecular formula is C12H10ClF3N4O. The number of likely N-dealkylation sites (tertiary alicyclic amines) is 1. The van der Waals surface area contributed by atoms with E-state index >= 15 is 0 Å². The Morgan fingerprint density at radius 1 is 1.52 bits per heavy atom. The van der Waals surface area contributed by atoms with Crippen molar-refractivity contribution in [1.82, 2.24) is 9.88 Å². The molecule has 1 atom stereocenters. The zero-order valence-corrected chi connectivity index (χ0v) is 11.4. The predicted octanol–water partition coefficient (Wildman–Crippen LogP) is 2.18. The van der Waals surface area contributed by atoms with E-state index in [-0.39, 0.29) is 23.7 Å². The number of nitriles is 1. The number of aromatic nitrogens is 1. The molecule has 1 fully saturated rings. The number of hydrogen-bond donors (Lipinski definition) is 1. The van der Waals surface area contributed by atoms with Crippen LogP contribution in [-0.4, -0.2) is 41.1 Å². The van der Waals surface area contributed by atoms with Crippen molar-refractivity contribution in [1.29, 1.82) is 5.26 Å². The molecule has 5 nitrogen and oxygen atoms in total. The van der Waals surface area contributed by atoms with Gasteiger partial charge in [0.2, 0.25) is 5.91 Å². The van der Waals surface area contributed by atoms with E-state index in [0.717, 1.165) is 4.90 Å². The van der Waals surface area contributed by atoms with Crippen LogP contribution in [0.3, 0.4) is 0 Å². The lowest BCUT2D eigenvalue weighted by atomic mass is 10.2. The number of halogens is 4. The molecule has 2 heterocycles. The van der Waals surface area contributed by atoms with Crippen LogP contribution in [0.15, 0.2) is 12.1 Å². The van der Waals surface area contributed by atoms with Crippen LogP contribution in [-0.2, 0) is 4.79 Å². The van der Waals surface area contributed by atoms with Gasteiger partial charge in [0.25, 0.3) is 0 Å². The zero-order valence-electron chi connectivity index (χ0n) is 10.6. The van der Waals surface area contributed by atoms with Gasteiger partial charge in [-0.3, -0.25) is 4.79 Å². The Labute approximate surface area is 123 Å². The number of rotatable bonds is 3. The highest BCUT2D eigenvalue weighted by atomic mass is 35.5. The van der Waals surface area contributed by atoms with E-state index in [9.17, 15) is 18.0 Å². The van der Waals surface area contributed by atoms with Gasteiger partial charge in [0, 0.05) is 13.0 Å². The summed E-state index contributed by atoms with van der Waals surface area (Å²) in [5.74, 6) is -0.276. The Hall–Kier alpha value is -2.01. The molecule has 1 aliphatic heterocycles. The normalized spacial score (nSPS) is 18.7. The van der Waals surface area contributed by atoms with Crippen LogP contribution in [0.4, 0.5) is 19.0 Å². The minimum absolute atomic E-state index is 0.0122. The molecule has 1 unspecified atom stereocenters. The lowest BCUT2D eigenvalue weighted by Crippen LogP contribution is -2.36. The molecule has 1 amide bonds. The quantitative estimate of drug-likeness (QED) is 0.927. The Kier molecular flexibility index (Phi) is 4.23. The van der Waals surface area contributed by atoms with Gasteiger partial charge in [-0.05, 0) is 12.1 Å². The highest BCUT2D eigenvalue weighted by Gasteiger charge is 2.38. The monoisotopic (exact) mass is 318 g/mol. The maximum absolute atomic E-state index is 12.3. The van der Waals surface area contributed by atoms with Crippen LogP contribution < -0.4 is 5.32 Å². The summed E-state index contributed by atoms with van der Waals surface area (Å²) in [6.45, 7) is -1.33. The fourth-order valence-electron chi connectivity index (χ4n) is 2.05. The molecule has 2 rings (SSSR count). The zero-order chi connectivity index (χ0) is 15.6. The van der Waals surface area contributed by atoms with Crippen molar-refractivity contribution in [2.24, 2.45) is 0 Å². The second kappa shape index (κ2) is 5.77. The Morgan fingerprint density at radius 3 is 2.86 bits per heavy atom. The molecule has 1 aliphatic rings. The molecule has 1 saturated heterocycles. The van der Waals surface area contributed by atoms with Crippen molar-refractivity contribution in [3.05, 3.63) is 22.8 Å². The largest absolute Gasteiger partial charge is 0.406 e. The molecule has 21 heavy (non-hydrogen) atoms. The fraction of sp³-hybridized carbons (Fsp3) is 0.417. The van der Waals surface area contributed by atoms with Crippen molar-refractivity contribution in [3.8, 4) is 6.07 Å². The average Bonchev–Trinajstić information content (AvgIpc) is 2.70. The molecular weight excluding hydrogens is 309 g/mol. The molecule has 0 bridgehead atoms.